The third-order valence-corrected chi connectivity index (χ3v) is 6.12. The van der Waals surface area contributed by atoms with E-state index < -0.39 is 54.0 Å². The van der Waals surface area contributed by atoms with Crippen molar-refractivity contribution in [1.29, 1.82) is 0 Å². The number of hydrogen-bond donors (Lipinski definition) is 8. The van der Waals surface area contributed by atoms with Crippen LogP contribution >= 0.6 is 0 Å². The second kappa shape index (κ2) is 14.8. The van der Waals surface area contributed by atoms with Gasteiger partial charge >= 0.3 is 5.97 Å². The SMILES string of the molecule is CC(C)CC(NC(=O)C(NC(=O)C(N)Cc1ccc(O)cc1)C(C)O)C(=O)NC(Cc1ccc(O)cc1)C(=O)O. The van der Waals surface area contributed by atoms with Crippen molar-refractivity contribution in [1.82, 2.24) is 16.0 Å². The summed E-state index contributed by atoms with van der Waals surface area (Å²) in [6.45, 7) is 4.92. The van der Waals surface area contributed by atoms with Crippen LogP contribution in [0.2, 0.25) is 0 Å². The summed E-state index contributed by atoms with van der Waals surface area (Å²) in [5.41, 5.74) is 7.22. The Morgan fingerprint density at radius 3 is 1.65 bits per heavy atom. The van der Waals surface area contributed by atoms with Gasteiger partial charge in [0.25, 0.3) is 0 Å². The number of amides is 3. The number of aliphatic carboxylic acids is 1. The van der Waals surface area contributed by atoms with Gasteiger partial charge in [0, 0.05) is 6.42 Å². The first-order chi connectivity index (χ1) is 18.8. The van der Waals surface area contributed by atoms with Gasteiger partial charge in [0.05, 0.1) is 12.1 Å². The van der Waals surface area contributed by atoms with Gasteiger partial charge in [0.1, 0.15) is 29.6 Å². The molecule has 0 saturated heterocycles. The van der Waals surface area contributed by atoms with E-state index in [-0.39, 0.29) is 36.7 Å². The molecular weight excluding hydrogens is 520 g/mol. The molecule has 12 heteroatoms. The highest BCUT2D eigenvalue weighted by Crippen LogP contribution is 2.13. The van der Waals surface area contributed by atoms with Gasteiger partial charge in [-0.05, 0) is 61.1 Å². The summed E-state index contributed by atoms with van der Waals surface area (Å²) in [4.78, 5) is 50.8. The zero-order valence-corrected chi connectivity index (χ0v) is 22.7. The molecule has 12 nitrogen and oxygen atoms in total. The number of carboxylic acids is 1. The Balaban J connectivity index is 2.10. The Labute approximate surface area is 232 Å². The average Bonchev–Trinajstić information content (AvgIpc) is 2.88. The Morgan fingerprint density at radius 1 is 0.725 bits per heavy atom. The molecule has 0 bridgehead atoms. The fourth-order valence-electron chi connectivity index (χ4n) is 3.95. The minimum absolute atomic E-state index is 0.0143. The van der Waals surface area contributed by atoms with Crippen LogP contribution in [0.1, 0.15) is 38.3 Å². The van der Waals surface area contributed by atoms with Gasteiger partial charge in [0.15, 0.2) is 0 Å². The van der Waals surface area contributed by atoms with E-state index >= 15 is 0 Å². The minimum Gasteiger partial charge on any atom is -0.508 e. The number of phenolic OH excluding ortho intramolecular Hbond substituents is 2. The van der Waals surface area contributed by atoms with E-state index in [1.807, 2.05) is 13.8 Å². The maximum Gasteiger partial charge on any atom is 0.326 e. The monoisotopic (exact) mass is 558 g/mol. The highest BCUT2D eigenvalue weighted by Gasteiger charge is 2.33. The molecule has 2 aromatic rings. The van der Waals surface area contributed by atoms with E-state index in [2.05, 4.69) is 16.0 Å². The van der Waals surface area contributed by atoms with Crippen LogP contribution in [0.5, 0.6) is 11.5 Å². The zero-order chi connectivity index (χ0) is 30.0. The lowest BCUT2D eigenvalue weighted by Crippen LogP contribution is -2.60. The molecule has 3 amide bonds. The largest absolute Gasteiger partial charge is 0.508 e. The molecule has 0 aromatic heterocycles. The molecular formula is C28H38N4O8. The van der Waals surface area contributed by atoms with E-state index in [1.54, 1.807) is 12.1 Å². The van der Waals surface area contributed by atoms with E-state index in [1.165, 1.54) is 43.3 Å². The summed E-state index contributed by atoms with van der Waals surface area (Å²) in [7, 11) is 0. The van der Waals surface area contributed by atoms with Crippen molar-refractivity contribution in [3.63, 3.8) is 0 Å². The molecule has 2 aromatic carbocycles. The summed E-state index contributed by atoms with van der Waals surface area (Å²) < 4.78 is 0. The Bertz CT molecular complexity index is 1150. The van der Waals surface area contributed by atoms with Crippen LogP contribution in [0.15, 0.2) is 48.5 Å². The predicted octanol–water partition coefficient (Wildman–Crippen LogP) is 0.176. The third-order valence-electron chi connectivity index (χ3n) is 6.12. The molecule has 2 rings (SSSR count). The number of nitrogens with one attached hydrogen (secondary N) is 3. The van der Waals surface area contributed by atoms with Crippen molar-refractivity contribution in [2.45, 2.75) is 70.3 Å². The fourth-order valence-corrected chi connectivity index (χ4v) is 3.95. The smallest absolute Gasteiger partial charge is 0.326 e. The number of hydrogen-bond acceptors (Lipinski definition) is 8. The van der Waals surface area contributed by atoms with Gasteiger partial charge in [-0.25, -0.2) is 4.79 Å². The number of carbonyl (C=O) groups excluding carboxylic acids is 3. The average molecular weight is 559 g/mol. The van der Waals surface area contributed by atoms with Crippen molar-refractivity contribution in [2.24, 2.45) is 11.7 Å². The Hall–Kier alpha value is -4.16. The molecule has 0 spiro atoms. The van der Waals surface area contributed by atoms with Crippen molar-refractivity contribution < 1.29 is 39.6 Å². The molecule has 0 saturated carbocycles. The first-order valence-electron chi connectivity index (χ1n) is 12.9. The van der Waals surface area contributed by atoms with Crippen LogP contribution in [-0.4, -0.2) is 74.4 Å². The summed E-state index contributed by atoms with van der Waals surface area (Å²) in [6, 6.07) is 7.00. The quantitative estimate of drug-likeness (QED) is 0.159. The normalized spacial score (nSPS) is 14.8. The number of aliphatic hydroxyl groups is 1. The second-order valence-corrected chi connectivity index (χ2v) is 10.2. The number of carbonyl (C=O) groups is 4. The van der Waals surface area contributed by atoms with E-state index in [0.717, 1.165) is 0 Å². The lowest BCUT2D eigenvalue weighted by molar-refractivity contribution is -0.142. The van der Waals surface area contributed by atoms with E-state index in [9.17, 15) is 39.6 Å². The zero-order valence-electron chi connectivity index (χ0n) is 22.7. The highest BCUT2D eigenvalue weighted by atomic mass is 16.4. The van der Waals surface area contributed by atoms with Crippen molar-refractivity contribution >= 4 is 23.7 Å². The molecule has 0 fully saturated rings. The molecule has 40 heavy (non-hydrogen) atoms. The summed E-state index contributed by atoms with van der Waals surface area (Å²) in [5.74, 6) is -3.58. The van der Waals surface area contributed by atoms with Crippen molar-refractivity contribution in [3.8, 4) is 11.5 Å². The van der Waals surface area contributed by atoms with Crippen molar-refractivity contribution in [3.05, 3.63) is 59.7 Å². The maximum atomic E-state index is 13.1. The standard InChI is InChI=1S/C28H38N4O8/c1-15(2)12-22(26(37)31-23(28(39)40)14-18-6-10-20(35)11-7-18)30-27(38)24(16(3)33)32-25(36)21(29)13-17-4-8-19(34)9-5-17/h4-11,15-16,21-24,33-35H,12-14,29H2,1-3H3,(H,30,38)(H,31,37)(H,32,36)(H,39,40). The molecule has 9 N–H and O–H groups in total. The number of phenols is 2. The van der Waals surface area contributed by atoms with Crippen LogP contribution in [0.4, 0.5) is 0 Å². The van der Waals surface area contributed by atoms with Crippen LogP contribution in [-0.2, 0) is 32.0 Å². The Morgan fingerprint density at radius 2 is 1.20 bits per heavy atom. The maximum absolute atomic E-state index is 13.1. The summed E-state index contributed by atoms with van der Waals surface area (Å²) >= 11 is 0. The molecule has 5 unspecified atom stereocenters. The van der Waals surface area contributed by atoms with Crippen LogP contribution in [0, 0.1) is 5.92 Å². The third kappa shape index (κ3) is 10.2. The second-order valence-electron chi connectivity index (χ2n) is 10.2. The predicted molar refractivity (Wildman–Crippen MR) is 146 cm³/mol. The first kappa shape index (κ1) is 32.1. The molecule has 218 valence electrons. The van der Waals surface area contributed by atoms with Crippen LogP contribution < -0.4 is 21.7 Å². The van der Waals surface area contributed by atoms with Gasteiger partial charge < -0.3 is 42.1 Å². The fraction of sp³-hybridized carbons (Fsp3) is 0.429. The summed E-state index contributed by atoms with van der Waals surface area (Å²) in [5, 5.41) is 46.1. The Kier molecular flexibility index (Phi) is 11.9. The number of rotatable bonds is 14. The van der Waals surface area contributed by atoms with Gasteiger partial charge in [-0.2, -0.15) is 0 Å². The number of carboxylic acid groups (broad SMARTS) is 1. The number of aromatic hydroxyl groups is 2. The highest BCUT2D eigenvalue weighted by molar-refractivity contribution is 5.94. The van der Waals surface area contributed by atoms with Gasteiger partial charge in [-0.1, -0.05) is 38.1 Å². The number of aliphatic hydroxyl groups excluding tert-OH is 1. The molecule has 0 aliphatic rings. The molecule has 0 heterocycles. The van der Waals surface area contributed by atoms with E-state index in [0.29, 0.717) is 11.1 Å². The lowest BCUT2D eigenvalue weighted by atomic mass is 10.0. The van der Waals surface area contributed by atoms with E-state index in [4.69, 9.17) is 5.73 Å². The number of nitrogens with two attached hydrogens (primary N) is 1. The van der Waals surface area contributed by atoms with Gasteiger partial charge in [0.2, 0.25) is 17.7 Å². The number of benzene rings is 2. The van der Waals surface area contributed by atoms with Gasteiger partial charge in [-0.15, -0.1) is 0 Å². The van der Waals surface area contributed by atoms with Gasteiger partial charge in [-0.3, -0.25) is 14.4 Å². The molecule has 0 radical (unpaired) electrons. The van der Waals surface area contributed by atoms with Crippen LogP contribution in [0.3, 0.4) is 0 Å². The first-order valence-corrected chi connectivity index (χ1v) is 12.9. The van der Waals surface area contributed by atoms with Crippen molar-refractivity contribution in [2.75, 3.05) is 0 Å². The molecule has 5 atom stereocenters. The summed E-state index contributed by atoms with van der Waals surface area (Å²) in [6.07, 6.45) is -1.14. The topological polar surface area (TPSA) is 211 Å². The minimum atomic E-state index is -1.44. The molecule has 0 aliphatic carbocycles. The molecule has 0 aliphatic heterocycles. The lowest BCUT2D eigenvalue weighted by Gasteiger charge is -2.27. The van der Waals surface area contributed by atoms with Crippen LogP contribution in [0.25, 0.3) is 0 Å².